The number of nitrogens with one attached hydrogen (secondary N) is 3. The largest absolute Gasteiger partial charge is 0.483 e. The van der Waals surface area contributed by atoms with Gasteiger partial charge in [-0.05, 0) is 37.1 Å². The summed E-state index contributed by atoms with van der Waals surface area (Å²) in [5, 5.41) is 6.22. The van der Waals surface area contributed by atoms with Gasteiger partial charge in [0.25, 0.3) is 17.7 Å². The highest BCUT2D eigenvalue weighted by Crippen LogP contribution is 2.33. The first-order valence-corrected chi connectivity index (χ1v) is 10.5. The molecule has 1 saturated carbocycles. The van der Waals surface area contributed by atoms with Crippen molar-refractivity contribution in [2.45, 2.75) is 37.6 Å². The van der Waals surface area contributed by atoms with Gasteiger partial charge in [0.1, 0.15) is 11.3 Å². The number of rotatable bonds is 6. The molecular weight excluding hydrogens is 412 g/mol. The number of amides is 5. The lowest BCUT2D eigenvalue weighted by atomic mass is 9.82. The van der Waals surface area contributed by atoms with E-state index in [4.69, 9.17) is 4.74 Å². The molecule has 4 rings (SSSR count). The molecule has 0 bridgehead atoms. The summed E-state index contributed by atoms with van der Waals surface area (Å²) in [7, 11) is 0. The number of benzene rings is 2. The molecule has 0 atom stereocenters. The number of hydrogen-bond donors (Lipinski definition) is 3. The van der Waals surface area contributed by atoms with Gasteiger partial charge in [0, 0.05) is 5.69 Å². The number of carbonyl (C=O) groups excluding carboxylic acids is 4. The van der Waals surface area contributed by atoms with Gasteiger partial charge >= 0.3 is 6.03 Å². The third-order valence-corrected chi connectivity index (χ3v) is 5.63. The summed E-state index contributed by atoms with van der Waals surface area (Å²) in [4.78, 5) is 50.0. The summed E-state index contributed by atoms with van der Waals surface area (Å²) < 4.78 is 5.53. The Bertz CT molecular complexity index is 1030. The first kappa shape index (κ1) is 21.4. The van der Waals surface area contributed by atoms with E-state index in [0.29, 0.717) is 18.5 Å². The summed E-state index contributed by atoms with van der Waals surface area (Å²) in [5.74, 6) is -1.31. The second kappa shape index (κ2) is 9.09. The third-order valence-electron chi connectivity index (χ3n) is 5.63. The van der Waals surface area contributed by atoms with Crippen LogP contribution in [0, 0.1) is 0 Å². The molecule has 1 heterocycles. The first-order chi connectivity index (χ1) is 15.5. The summed E-state index contributed by atoms with van der Waals surface area (Å²) in [5.41, 5.74) is 2.27. The topological polar surface area (TPSA) is 117 Å². The summed E-state index contributed by atoms with van der Waals surface area (Å²) in [6.45, 7) is -0.473. The van der Waals surface area contributed by atoms with Gasteiger partial charge in [-0.1, -0.05) is 49.6 Å². The maximum atomic E-state index is 12.8. The Hall–Kier alpha value is -3.88. The monoisotopic (exact) mass is 436 g/mol. The highest BCUT2D eigenvalue weighted by Gasteiger charge is 2.52. The lowest BCUT2D eigenvalue weighted by molar-refractivity contribution is -0.140. The van der Waals surface area contributed by atoms with Crippen molar-refractivity contribution < 1.29 is 23.9 Å². The van der Waals surface area contributed by atoms with Crippen LogP contribution in [0.25, 0.3) is 0 Å². The fourth-order valence-corrected chi connectivity index (χ4v) is 4.02. The Morgan fingerprint density at radius 2 is 1.66 bits per heavy atom. The minimum absolute atomic E-state index is 0.206. The zero-order chi connectivity index (χ0) is 22.6. The fourth-order valence-electron chi connectivity index (χ4n) is 4.02. The average molecular weight is 436 g/mol. The molecule has 1 saturated heterocycles. The molecule has 2 fully saturated rings. The van der Waals surface area contributed by atoms with Gasteiger partial charge in [0.15, 0.2) is 6.61 Å². The highest BCUT2D eigenvalue weighted by atomic mass is 16.5. The Morgan fingerprint density at radius 1 is 0.969 bits per heavy atom. The van der Waals surface area contributed by atoms with Crippen molar-refractivity contribution in [2.24, 2.45) is 0 Å². The first-order valence-electron chi connectivity index (χ1n) is 10.5. The quantitative estimate of drug-likeness (QED) is 0.602. The van der Waals surface area contributed by atoms with Gasteiger partial charge in [-0.15, -0.1) is 0 Å². The minimum Gasteiger partial charge on any atom is -0.483 e. The molecule has 1 spiro atoms. The molecule has 2 aliphatic rings. The van der Waals surface area contributed by atoms with Crippen molar-refractivity contribution in [1.82, 2.24) is 15.8 Å². The van der Waals surface area contributed by atoms with E-state index in [1.165, 1.54) is 0 Å². The zero-order valence-corrected chi connectivity index (χ0v) is 17.4. The predicted molar refractivity (Wildman–Crippen MR) is 116 cm³/mol. The maximum absolute atomic E-state index is 12.8. The average Bonchev–Trinajstić information content (AvgIpc) is 3.02. The zero-order valence-electron chi connectivity index (χ0n) is 17.4. The SMILES string of the molecule is O=C(COc1ccccc1C(=O)Nc1ccccc1)NN1C(=O)NC2(CCCCC2)C1=O. The molecule has 0 unspecified atom stereocenters. The van der Waals surface area contributed by atoms with Gasteiger partial charge < -0.3 is 15.4 Å². The van der Waals surface area contributed by atoms with Crippen LogP contribution in [0.4, 0.5) is 10.5 Å². The molecule has 9 nitrogen and oxygen atoms in total. The van der Waals surface area contributed by atoms with E-state index < -0.39 is 30.0 Å². The number of nitrogens with zero attached hydrogens (tertiary/aromatic N) is 1. The van der Waals surface area contributed by atoms with E-state index >= 15 is 0 Å². The molecule has 0 radical (unpaired) electrons. The van der Waals surface area contributed by atoms with Crippen molar-refractivity contribution in [3.63, 3.8) is 0 Å². The lowest BCUT2D eigenvalue weighted by Gasteiger charge is -2.30. The number of urea groups is 1. The molecule has 2 aromatic carbocycles. The Labute approximate surface area is 185 Å². The van der Waals surface area contributed by atoms with E-state index in [9.17, 15) is 19.2 Å². The van der Waals surface area contributed by atoms with Crippen LogP contribution in [0.15, 0.2) is 54.6 Å². The van der Waals surface area contributed by atoms with Crippen LogP contribution in [0.1, 0.15) is 42.5 Å². The third kappa shape index (κ3) is 4.41. The smallest absolute Gasteiger partial charge is 0.344 e. The lowest BCUT2D eigenvalue weighted by Crippen LogP contribution is -2.51. The van der Waals surface area contributed by atoms with Crippen molar-refractivity contribution in [1.29, 1.82) is 0 Å². The number of ether oxygens (including phenoxy) is 1. The van der Waals surface area contributed by atoms with E-state index in [1.54, 1.807) is 48.5 Å². The summed E-state index contributed by atoms with van der Waals surface area (Å²) >= 11 is 0. The number of hydrogen-bond acceptors (Lipinski definition) is 5. The van der Waals surface area contributed by atoms with Crippen LogP contribution in [-0.4, -0.2) is 40.9 Å². The molecular formula is C23H24N4O5. The predicted octanol–water partition coefficient (Wildman–Crippen LogP) is 2.60. The van der Waals surface area contributed by atoms with E-state index in [1.807, 2.05) is 6.07 Å². The van der Waals surface area contributed by atoms with Crippen LogP contribution in [0.3, 0.4) is 0 Å². The second-order valence-corrected chi connectivity index (χ2v) is 7.85. The maximum Gasteiger partial charge on any atom is 0.344 e. The normalized spacial score (nSPS) is 17.1. The molecule has 1 aliphatic heterocycles. The van der Waals surface area contributed by atoms with Crippen LogP contribution in [0.2, 0.25) is 0 Å². The number of imide groups is 1. The van der Waals surface area contributed by atoms with Crippen LogP contribution >= 0.6 is 0 Å². The molecule has 1 aliphatic carbocycles. The van der Waals surface area contributed by atoms with Crippen LogP contribution in [-0.2, 0) is 9.59 Å². The standard InChI is InChI=1S/C23H24N4O5/c28-19(26-27-21(30)23(25-22(27)31)13-7-2-8-14-23)15-32-18-12-6-5-11-17(18)20(29)24-16-9-3-1-4-10-16/h1,3-6,9-12H,2,7-8,13-15H2,(H,24,29)(H,25,31)(H,26,28). The molecule has 32 heavy (non-hydrogen) atoms. The number of anilines is 1. The minimum atomic E-state index is -0.925. The summed E-state index contributed by atoms with van der Waals surface area (Å²) in [6, 6.07) is 14.8. The Balaban J connectivity index is 1.37. The summed E-state index contributed by atoms with van der Waals surface area (Å²) in [6.07, 6.45) is 3.83. The second-order valence-electron chi connectivity index (χ2n) is 7.85. The van der Waals surface area contributed by atoms with Crippen LogP contribution in [0.5, 0.6) is 5.75 Å². The molecule has 2 aromatic rings. The number of para-hydroxylation sites is 2. The van der Waals surface area contributed by atoms with E-state index in [2.05, 4.69) is 16.1 Å². The van der Waals surface area contributed by atoms with Gasteiger partial charge in [-0.3, -0.25) is 19.8 Å². The van der Waals surface area contributed by atoms with Gasteiger partial charge in [-0.25, -0.2) is 4.79 Å². The van der Waals surface area contributed by atoms with E-state index in [0.717, 1.165) is 24.3 Å². The molecule has 3 N–H and O–H groups in total. The number of carbonyl (C=O) groups is 4. The molecule has 0 aromatic heterocycles. The Morgan fingerprint density at radius 3 is 2.41 bits per heavy atom. The molecule has 9 heteroatoms. The van der Waals surface area contributed by atoms with Crippen LogP contribution < -0.4 is 20.8 Å². The molecule has 166 valence electrons. The highest BCUT2D eigenvalue weighted by molar-refractivity contribution is 6.08. The Kier molecular flexibility index (Phi) is 6.07. The molecule has 5 amide bonds. The van der Waals surface area contributed by atoms with Gasteiger partial charge in [0.2, 0.25) is 0 Å². The van der Waals surface area contributed by atoms with E-state index in [-0.39, 0.29) is 17.2 Å². The van der Waals surface area contributed by atoms with Gasteiger partial charge in [-0.2, -0.15) is 5.01 Å². The number of hydrazine groups is 1. The van der Waals surface area contributed by atoms with Crippen molar-refractivity contribution in [2.75, 3.05) is 11.9 Å². The fraction of sp³-hybridized carbons (Fsp3) is 0.304. The van der Waals surface area contributed by atoms with Crippen molar-refractivity contribution >= 4 is 29.4 Å². The van der Waals surface area contributed by atoms with Crippen molar-refractivity contribution in [3.05, 3.63) is 60.2 Å². The van der Waals surface area contributed by atoms with Gasteiger partial charge in [0.05, 0.1) is 5.56 Å². The van der Waals surface area contributed by atoms with Crippen molar-refractivity contribution in [3.8, 4) is 5.75 Å².